The van der Waals surface area contributed by atoms with Crippen molar-refractivity contribution in [3.05, 3.63) is 28.7 Å². The summed E-state index contributed by atoms with van der Waals surface area (Å²) in [4.78, 5) is 32.0. The number of aliphatic hydroxyl groups is 1. The van der Waals surface area contributed by atoms with E-state index < -0.39 is 6.04 Å². The molecule has 0 radical (unpaired) electrons. The Morgan fingerprint density at radius 3 is 2.62 bits per heavy atom. The first kappa shape index (κ1) is 23.7. The zero-order chi connectivity index (χ0) is 23.4. The molecule has 2 aromatic rings. The van der Waals surface area contributed by atoms with Gasteiger partial charge in [0.25, 0.3) is 0 Å². The maximum absolute atomic E-state index is 13.0. The second-order valence-electron chi connectivity index (χ2n) is 8.97. The fraction of sp³-hybridized carbons (Fsp3) is 0.609. The molecule has 172 valence electrons. The van der Waals surface area contributed by atoms with Crippen molar-refractivity contribution < 1.29 is 14.7 Å². The Labute approximate surface area is 188 Å². The van der Waals surface area contributed by atoms with Gasteiger partial charge in [0.2, 0.25) is 11.8 Å². The Hall–Kier alpha value is -2.99. The Morgan fingerprint density at radius 1 is 1.31 bits per heavy atom. The molecule has 1 unspecified atom stereocenters. The van der Waals surface area contributed by atoms with Crippen LogP contribution in [0.4, 0.5) is 0 Å². The fourth-order valence-electron chi connectivity index (χ4n) is 4.26. The lowest BCUT2D eigenvalue weighted by Crippen LogP contribution is -2.51. The maximum atomic E-state index is 13.0. The third kappa shape index (κ3) is 5.25. The van der Waals surface area contributed by atoms with Crippen molar-refractivity contribution in [2.75, 3.05) is 13.1 Å². The van der Waals surface area contributed by atoms with Crippen LogP contribution in [-0.4, -0.2) is 61.7 Å². The summed E-state index contributed by atoms with van der Waals surface area (Å²) >= 11 is 0. The minimum atomic E-state index is -0.565. The van der Waals surface area contributed by atoms with Gasteiger partial charge in [0.1, 0.15) is 17.7 Å². The summed E-state index contributed by atoms with van der Waals surface area (Å²) in [5, 5.41) is 26.1. The number of nitrogens with one attached hydrogen (secondary N) is 1. The van der Waals surface area contributed by atoms with E-state index in [1.54, 1.807) is 9.42 Å². The maximum Gasteiger partial charge on any atom is 0.245 e. The van der Waals surface area contributed by atoms with Crippen LogP contribution in [0, 0.1) is 31.1 Å². The molecule has 1 aliphatic heterocycles. The molecule has 0 bridgehead atoms. The van der Waals surface area contributed by atoms with E-state index in [0.717, 1.165) is 17.0 Å². The van der Waals surface area contributed by atoms with Crippen molar-refractivity contribution in [2.24, 2.45) is 5.92 Å². The quantitative estimate of drug-likeness (QED) is 0.675. The molecular weight excluding hydrogens is 408 g/mol. The molecule has 1 atom stereocenters. The average molecular weight is 441 g/mol. The van der Waals surface area contributed by atoms with Crippen LogP contribution in [0.3, 0.4) is 0 Å². The van der Waals surface area contributed by atoms with E-state index >= 15 is 0 Å². The van der Waals surface area contributed by atoms with Gasteiger partial charge < -0.3 is 15.3 Å². The first-order valence-corrected chi connectivity index (χ1v) is 11.2. The number of nitriles is 1. The lowest BCUT2D eigenvalue weighted by molar-refractivity contribution is -0.138. The normalized spacial score (nSPS) is 15.7. The molecule has 32 heavy (non-hydrogen) atoms. The lowest BCUT2D eigenvalue weighted by Gasteiger charge is -2.33. The lowest BCUT2D eigenvalue weighted by atomic mass is 10.00. The predicted octanol–water partition coefficient (Wildman–Crippen LogP) is 1.66. The van der Waals surface area contributed by atoms with Gasteiger partial charge in [0, 0.05) is 30.9 Å². The van der Waals surface area contributed by atoms with Gasteiger partial charge in [-0.25, -0.2) is 9.50 Å². The van der Waals surface area contributed by atoms with E-state index in [2.05, 4.69) is 21.5 Å². The highest BCUT2D eigenvalue weighted by Crippen LogP contribution is 2.19. The van der Waals surface area contributed by atoms with Crippen LogP contribution in [0.1, 0.15) is 62.0 Å². The summed E-state index contributed by atoms with van der Waals surface area (Å²) in [6, 6.07) is 1.53. The molecule has 2 amide bonds. The minimum absolute atomic E-state index is 0.0741. The SMILES string of the molecule is Cc1nc2c(C#N)cnn2c(C)c1CCC(=O)NC(CC(C)C)C(=O)N1CCC(O)CC1. The van der Waals surface area contributed by atoms with Gasteiger partial charge in [-0.15, -0.1) is 0 Å². The molecule has 0 spiro atoms. The molecule has 0 aromatic carbocycles. The van der Waals surface area contributed by atoms with Crippen molar-refractivity contribution in [3.8, 4) is 6.07 Å². The highest BCUT2D eigenvalue weighted by atomic mass is 16.3. The summed E-state index contributed by atoms with van der Waals surface area (Å²) in [6.45, 7) is 8.86. The number of aliphatic hydroxyl groups excluding tert-OH is 1. The molecule has 2 aromatic heterocycles. The third-order valence-corrected chi connectivity index (χ3v) is 6.05. The smallest absolute Gasteiger partial charge is 0.245 e. The van der Waals surface area contributed by atoms with Crippen molar-refractivity contribution in [1.82, 2.24) is 24.8 Å². The molecular formula is C23H32N6O3. The standard InChI is InChI=1S/C23H32N6O3/c1-14(2)11-20(23(32)28-9-7-18(30)8-10-28)27-21(31)6-5-19-15(3)26-22-17(12-24)13-25-29(22)16(19)4/h13-14,18,20,30H,5-11H2,1-4H3,(H,27,31). The molecule has 3 heterocycles. The Bertz CT molecular complexity index is 1030. The first-order valence-electron chi connectivity index (χ1n) is 11.2. The third-order valence-electron chi connectivity index (χ3n) is 6.05. The monoisotopic (exact) mass is 440 g/mol. The number of aromatic nitrogens is 3. The number of rotatable bonds is 7. The molecule has 0 aliphatic carbocycles. The van der Waals surface area contributed by atoms with E-state index in [0.29, 0.717) is 50.0 Å². The summed E-state index contributed by atoms with van der Waals surface area (Å²) < 4.78 is 1.63. The number of aryl methyl sites for hydroxylation is 2. The number of carbonyl (C=O) groups excluding carboxylic acids is 2. The van der Waals surface area contributed by atoms with E-state index in [1.807, 2.05) is 27.7 Å². The second-order valence-corrected chi connectivity index (χ2v) is 8.97. The topological polar surface area (TPSA) is 124 Å². The summed E-state index contributed by atoms with van der Waals surface area (Å²) in [5.74, 6) is -0.00189. The fourth-order valence-corrected chi connectivity index (χ4v) is 4.26. The largest absolute Gasteiger partial charge is 0.393 e. The van der Waals surface area contributed by atoms with Gasteiger partial charge in [0.05, 0.1) is 12.3 Å². The van der Waals surface area contributed by atoms with E-state index in [4.69, 9.17) is 0 Å². The number of fused-ring (bicyclic) bond motifs is 1. The Kier molecular flexibility index (Phi) is 7.46. The number of likely N-dealkylation sites (tertiary alicyclic amines) is 1. The Balaban J connectivity index is 1.67. The van der Waals surface area contributed by atoms with Crippen molar-refractivity contribution in [2.45, 2.75) is 71.9 Å². The van der Waals surface area contributed by atoms with Crippen LogP contribution in [-0.2, 0) is 16.0 Å². The zero-order valence-corrected chi connectivity index (χ0v) is 19.3. The van der Waals surface area contributed by atoms with Crippen LogP contribution in [0.15, 0.2) is 6.20 Å². The molecule has 3 rings (SSSR count). The average Bonchev–Trinajstić information content (AvgIpc) is 3.15. The number of hydrogen-bond donors (Lipinski definition) is 2. The highest BCUT2D eigenvalue weighted by Gasteiger charge is 2.29. The Morgan fingerprint density at radius 2 is 2.00 bits per heavy atom. The van der Waals surface area contributed by atoms with Crippen molar-refractivity contribution >= 4 is 17.5 Å². The molecule has 2 N–H and O–H groups in total. The number of carbonyl (C=O) groups is 2. The van der Waals surface area contributed by atoms with E-state index in [-0.39, 0.29) is 30.3 Å². The summed E-state index contributed by atoms with van der Waals surface area (Å²) in [6.07, 6.45) is 3.54. The van der Waals surface area contributed by atoms with E-state index in [9.17, 15) is 20.0 Å². The highest BCUT2D eigenvalue weighted by molar-refractivity contribution is 5.87. The van der Waals surface area contributed by atoms with Crippen LogP contribution >= 0.6 is 0 Å². The molecule has 1 saturated heterocycles. The summed E-state index contributed by atoms with van der Waals surface area (Å²) in [7, 11) is 0. The zero-order valence-electron chi connectivity index (χ0n) is 19.3. The predicted molar refractivity (Wildman–Crippen MR) is 119 cm³/mol. The first-order chi connectivity index (χ1) is 15.2. The van der Waals surface area contributed by atoms with E-state index in [1.165, 1.54) is 6.20 Å². The van der Waals surface area contributed by atoms with Gasteiger partial charge in [-0.2, -0.15) is 10.4 Å². The van der Waals surface area contributed by atoms with Crippen LogP contribution in [0.25, 0.3) is 5.65 Å². The van der Waals surface area contributed by atoms with Crippen LogP contribution < -0.4 is 5.32 Å². The molecule has 9 nitrogen and oxygen atoms in total. The second kappa shape index (κ2) is 10.1. The number of hydrogen-bond acceptors (Lipinski definition) is 6. The van der Waals surface area contributed by atoms with Crippen LogP contribution in [0.5, 0.6) is 0 Å². The van der Waals surface area contributed by atoms with Gasteiger partial charge in [-0.3, -0.25) is 9.59 Å². The molecule has 9 heteroatoms. The van der Waals surface area contributed by atoms with Gasteiger partial charge >= 0.3 is 0 Å². The van der Waals surface area contributed by atoms with Gasteiger partial charge in [0.15, 0.2) is 5.65 Å². The summed E-state index contributed by atoms with van der Waals surface area (Å²) in [5.41, 5.74) is 3.47. The number of piperidine rings is 1. The van der Waals surface area contributed by atoms with Gasteiger partial charge in [-0.05, 0) is 51.0 Å². The number of amides is 2. The van der Waals surface area contributed by atoms with Crippen molar-refractivity contribution in [3.63, 3.8) is 0 Å². The molecule has 1 fully saturated rings. The van der Waals surface area contributed by atoms with Gasteiger partial charge in [-0.1, -0.05) is 13.8 Å². The minimum Gasteiger partial charge on any atom is -0.393 e. The number of nitrogens with zero attached hydrogens (tertiary/aromatic N) is 5. The van der Waals surface area contributed by atoms with Crippen LogP contribution in [0.2, 0.25) is 0 Å². The van der Waals surface area contributed by atoms with Crippen molar-refractivity contribution in [1.29, 1.82) is 5.26 Å². The molecule has 0 saturated carbocycles. The molecule has 1 aliphatic rings.